The molecule has 4 N–H and O–H groups in total. The van der Waals surface area contributed by atoms with Crippen molar-refractivity contribution < 1.29 is 39.6 Å². The average molecular weight is 495 g/mol. The highest BCUT2D eigenvalue weighted by Crippen LogP contribution is 2.46. The van der Waals surface area contributed by atoms with Crippen LogP contribution in [0.25, 0.3) is 11.1 Å². The lowest BCUT2D eigenvalue weighted by atomic mass is 9.72. The smallest absolute Gasteiger partial charge is 0.337 e. The summed E-state index contributed by atoms with van der Waals surface area (Å²) in [5.74, 6) is -6.41. The maximum Gasteiger partial charge on any atom is 0.337 e. The van der Waals surface area contributed by atoms with Gasteiger partial charge in [0, 0.05) is 0 Å². The standard InChI is InChI=1S/C28H30O8/c29-25(30)20-14-19(22(26(31)32)24(28(35)36)23(20)27(33)34)18-13-7-12-17(15-8-3-1-4-9-15)21(18)16-10-5-2-6-11-16/h7,12-16H,1-6,8-11H2,(H,29,30)(H,31,32)(H,33,34)(H,35,36). The van der Waals surface area contributed by atoms with Crippen LogP contribution in [0.15, 0.2) is 24.3 Å². The van der Waals surface area contributed by atoms with E-state index in [4.69, 9.17) is 0 Å². The molecule has 2 fully saturated rings. The summed E-state index contributed by atoms with van der Waals surface area (Å²) in [5, 5.41) is 39.4. The fourth-order valence-corrected chi connectivity index (χ4v) is 6.16. The average Bonchev–Trinajstić information content (AvgIpc) is 2.87. The third kappa shape index (κ3) is 4.72. The lowest BCUT2D eigenvalue weighted by Gasteiger charge is -2.32. The molecule has 2 aromatic rings. The van der Waals surface area contributed by atoms with Gasteiger partial charge in [-0.1, -0.05) is 56.7 Å². The van der Waals surface area contributed by atoms with Crippen LogP contribution in [0.1, 0.15) is 129 Å². The Bertz CT molecular complexity index is 1220. The van der Waals surface area contributed by atoms with Gasteiger partial charge in [-0.25, -0.2) is 19.2 Å². The first-order chi connectivity index (χ1) is 17.2. The van der Waals surface area contributed by atoms with Crippen LogP contribution in [0.4, 0.5) is 0 Å². The van der Waals surface area contributed by atoms with Gasteiger partial charge in [-0.15, -0.1) is 0 Å². The Labute approximate surface area is 208 Å². The zero-order chi connectivity index (χ0) is 26.0. The van der Waals surface area contributed by atoms with Crippen molar-refractivity contribution in [1.29, 1.82) is 0 Å². The molecule has 0 heterocycles. The molecule has 2 aliphatic carbocycles. The molecule has 0 saturated heterocycles. The Kier molecular flexibility index (Phi) is 7.43. The molecule has 0 amide bonds. The summed E-state index contributed by atoms with van der Waals surface area (Å²) < 4.78 is 0. The molecule has 0 atom stereocenters. The molecule has 0 spiro atoms. The summed E-state index contributed by atoms with van der Waals surface area (Å²) in [6, 6.07) is 6.62. The molecule has 190 valence electrons. The van der Waals surface area contributed by atoms with E-state index >= 15 is 0 Å². The topological polar surface area (TPSA) is 149 Å². The molecule has 0 radical (unpaired) electrons. The van der Waals surface area contributed by atoms with E-state index in [-0.39, 0.29) is 11.5 Å². The first-order valence-electron chi connectivity index (χ1n) is 12.5. The predicted octanol–water partition coefficient (Wildman–Crippen LogP) is 6.24. The number of carbonyl (C=O) groups is 4. The first kappa shape index (κ1) is 25.4. The van der Waals surface area contributed by atoms with Crippen molar-refractivity contribution in [3.63, 3.8) is 0 Å². The summed E-state index contributed by atoms with van der Waals surface area (Å²) in [4.78, 5) is 48.6. The molecule has 4 rings (SSSR count). The summed E-state index contributed by atoms with van der Waals surface area (Å²) >= 11 is 0. The summed E-state index contributed by atoms with van der Waals surface area (Å²) in [7, 11) is 0. The number of aromatic carboxylic acids is 4. The van der Waals surface area contributed by atoms with Gasteiger partial charge in [-0.3, -0.25) is 0 Å². The molecule has 0 aromatic heterocycles. The van der Waals surface area contributed by atoms with Crippen molar-refractivity contribution in [1.82, 2.24) is 0 Å². The van der Waals surface area contributed by atoms with Gasteiger partial charge >= 0.3 is 23.9 Å². The Hall–Kier alpha value is -3.68. The minimum absolute atomic E-state index is 0.0551. The van der Waals surface area contributed by atoms with E-state index in [1.807, 2.05) is 6.07 Å². The van der Waals surface area contributed by atoms with Crippen LogP contribution in [-0.2, 0) is 0 Å². The zero-order valence-electron chi connectivity index (χ0n) is 20.0. The second-order valence-electron chi connectivity index (χ2n) is 9.80. The molecule has 2 saturated carbocycles. The molecule has 8 nitrogen and oxygen atoms in total. The van der Waals surface area contributed by atoms with Gasteiger partial charge in [-0.05, 0) is 65.8 Å². The molecule has 0 bridgehead atoms. The third-order valence-electron chi connectivity index (χ3n) is 7.69. The summed E-state index contributed by atoms with van der Waals surface area (Å²) in [6.07, 6.45) is 10.3. The highest BCUT2D eigenvalue weighted by Gasteiger charge is 2.35. The molecular weight excluding hydrogens is 464 g/mol. The van der Waals surface area contributed by atoms with Crippen molar-refractivity contribution in [2.24, 2.45) is 0 Å². The molecule has 0 aliphatic heterocycles. The lowest BCUT2D eigenvalue weighted by Crippen LogP contribution is -2.21. The number of benzene rings is 2. The van der Waals surface area contributed by atoms with E-state index in [1.165, 1.54) is 6.42 Å². The maximum atomic E-state index is 12.4. The minimum atomic E-state index is -1.80. The van der Waals surface area contributed by atoms with Crippen LogP contribution in [-0.4, -0.2) is 44.3 Å². The van der Waals surface area contributed by atoms with Crippen molar-refractivity contribution in [3.05, 3.63) is 57.6 Å². The van der Waals surface area contributed by atoms with E-state index in [2.05, 4.69) is 6.07 Å². The highest BCUT2D eigenvalue weighted by atomic mass is 16.4. The Balaban J connectivity index is 2.09. The van der Waals surface area contributed by atoms with E-state index in [0.717, 1.165) is 75.0 Å². The molecule has 0 unspecified atom stereocenters. The molecular formula is C28H30O8. The normalized spacial score (nSPS) is 17.0. The second kappa shape index (κ2) is 10.5. The van der Waals surface area contributed by atoms with Crippen LogP contribution in [0.5, 0.6) is 0 Å². The van der Waals surface area contributed by atoms with Gasteiger partial charge in [0.25, 0.3) is 0 Å². The third-order valence-corrected chi connectivity index (χ3v) is 7.69. The predicted molar refractivity (Wildman–Crippen MR) is 131 cm³/mol. The van der Waals surface area contributed by atoms with Crippen molar-refractivity contribution >= 4 is 23.9 Å². The Morgan fingerprint density at radius 3 is 1.61 bits per heavy atom. The Morgan fingerprint density at radius 2 is 1.11 bits per heavy atom. The van der Waals surface area contributed by atoms with Crippen molar-refractivity contribution in [3.8, 4) is 11.1 Å². The minimum Gasteiger partial charge on any atom is -0.478 e. The van der Waals surface area contributed by atoms with Gasteiger partial charge in [0.15, 0.2) is 0 Å². The first-order valence-corrected chi connectivity index (χ1v) is 12.5. The lowest BCUT2D eigenvalue weighted by molar-refractivity contribution is 0.0620. The van der Waals surface area contributed by atoms with Crippen LogP contribution in [0.3, 0.4) is 0 Å². The summed E-state index contributed by atoms with van der Waals surface area (Å²) in [6.45, 7) is 0. The van der Waals surface area contributed by atoms with Gasteiger partial charge in [-0.2, -0.15) is 0 Å². The van der Waals surface area contributed by atoms with Gasteiger partial charge in [0.2, 0.25) is 0 Å². The van der Waals surface area contributed by atoms with E-state index in [9.17, 15) is 39.6 Å². The molecule has 2 aromatic carbocycles. The van der Waals surface area contributed by atoms with Crippen LogP contribution >= 0.6 is 0 Å². The van der Waals surface area contributed by atoms with Crippen molar-refractivity contribution in [2.75, 3.05) is 0 Å². The largest absolute Gasteiger partial charge is 0.478 e. The number of hydrogen-bond acceptors (Lipinski definition) is 4. The fraction of sp³-hybridized carbons (Fsp3) is 0.429. The van der Waals surface area contributed by atoms with Gasteiger partial charge < -0.3 is 20.4 Å². The van der Waals surface area contributed by atoms with E-state index in [0.29, 0.717) is 11.5 Å². The monoisotopic (exact) mass is 494 g/mol. The quantitative estimate of drug-likeness (QED) is 0.353. The van der Waals surface area contributed by atoms with E-state index in [1.54, 1.807) is 6.07 Å². The number of rotatable bonds is 7. The highest BCUT2D eigenvalue weighted by molar-refractivity contribution is 6.16. The van der Waals surface area contributed by atoms with Crippen LogP contribution in [0.2, 0.25) is 0 Å². The van der Waals surface area contributed by atoms with Crippen LogP contribution < -0.4 is 0 Å². The fourth-order valence-electron chi connectivity index (χ4n) is 6.16. The number of hydrogen-bond donors (Lipinski definition) is 4. The Morgan fingerprint density at radius 1 is 0.583 bits per heavy atom. The molecule has 2 aliphatic rings. The number of carboxylic acids is 4. The second-order valence-corrected chi connectivity index (χ2v) is 9.80. The molecule has 8 heteroatoms. The molecule has 36 heavy (non-hydrogen) atoms. The van der Waals surface area contributed by atoms with Crippen molar-refractivity contribution in [2.45, 2.75) is 76.0 Å². The van der Waals surface area contributed by atoms with Crippen LogP contribution in [0, 0.1) is 0 Å². The summed E-state index contributed by atoms with van der Waals surface area (Å²) in [5.41, 5.74) is -0.958. The van der Waals surface area contributed by atoms with E-state index < -0.39 is 46.1 Å². The van der Waals surface area contributed by atoms with Gasteiger partial charge in [0.05, 0.1) is 22.3 Å². The zero-order valence-corrected chi connectivity index (χ0v) is 20.0. The number of carboxylic acid groups (broad SMARTS) is 4. The SMILES string of the molecule is O=C(O)c1cc(-c2cccc(C3CCCCC3)c2C2CCCCC2)c(C(=O)O)c(C(=O)O)c1C(=O)O. The maximum absolute atomic E-state index is 12.4. The van der Waals surface area contributed by atoms with Gasteiger partial charge in [0.1, 0.15) is 0 Å².